The van der Waals surface area contributed by atoms with Crippen LogP contribution in [-0.2, 0) is 16.4 Å². The number of hydrogen-bond acceptors (Lipinski definition) is 6. The third-order valence-corrected chi connectivity index (χ3v) is 0. The summed E-state index contributed by atoms with van der Waals surface area (Å²) in [6.07, 6.45) is 0. The minimum atomic E-state index is -3.37. The predicted molar refractivity (Wildman–Crippen MR) is 15.9 cm³/mol. The average Bonchev–Trinajstić information content (AvgIpc) is 1.25. The van der Waals surface area contributed by atoms with Gasteiger partial charge in [-0.25, -0.2) is 0 Å². The fourth-order valence-electron chi connectivity index (χ4n) is 0. The fourth-order valence-corrected chi connectivity index (χ4v) is 0. The van der Waals surface area contributed by atoms with Crippen molar-refractivity contribution in [2.75, 3.05) is 0 Å². The molecule has 0 fully saturated rings. The summed E-state index contributed by atoms with van der Waals surface area (Å²) in [6.45, 7) is 0. The molecule has 0 aliphatic heterocycles. The maximum absolute atomic E-state index is 8.48. The van der Waals surface area contributed by atoms with E-state index in [0.717, 1.165) is 0 Å². The van der Waals surface area contributed by atoms with E-state index in [4.69, 9.17) is 29.4 Å². The van der Waals surface area contributed by atoms with Crippen LogP contribution in [0, 0.1) is 0 Å². The Morgan fingerprint density at radius 3 is 0.455 bits per heavy atom. The van der Waals surface area contributed by atoms with E-state index in [-0.39, 0.29) is 16.4 Å². The number of hydrogen-bond donors (Lipinski definition) is 0. The minimum absolute atomic E-state index is 0. The molecule has 0 aromatic rings. The molecule has 0 amide bonds. The predicted octanol–water partition coefficient (Wildman–Crippen LogP) is -5.77. The molecule has 0 unspecified atom stereocenters. The molecular weight excluding hydrogens is 206 g/mol. The standard InChI is InChI=1S/2O3P.3O/c2*1-4(2)3;;;/q2*-3;3*+2. The lowest BCUT2D eigenvalue weighted by molar-refractivity contribution is -0.410. The van der Waals surface area contributed by atoms with Crippen LogP contribution in [-0.4, -0.2) is 0 Å². The Labute approximate surface area is 64.1 Å². The minimum Gasteiger partial charge on any atom is -0.854 e. The second-order valence-corrected chi connectivity index (χ2v) is 1.34. The van der Waals surface area contributed by atoms with E-state index in [1.54, 1.807) is 0 Å². The Bertz CT molecular complexity index is 23.0. The quantitative estimate of drug-likeness (QED) is 0.350. The van der Waals surface area contributed by atoms with Gasteiger partial charge in [-0.3, -0.25) is 0 Å². The Hall–Kier alpha value is 0.500. The molecule has 0 rings (SSSR count). The Morgan fingerprint density at radius 1 is 0.455 bits per heavy atom. The van der Waals surface area contributed by atoms with Crippen LogP contribution in [0.2, 0.25) is 0 Å². The zero-order valence-electron chi connectivity index (χ0n) is 4.57. The summed E-state index contributed by atoms with van der Waals surface area (Å²) < 4.78 is 0. The molecule has 64 valence electrons. The fraction of sp³-hybridized carbons (Fsp3) is 0. The summed E-state index contributed by atoms with van der Waals surface area (Å²) in [4.78, 5) is 50.9. The van der Waals surface area contributed by atoms with Crippen molar-refractivity contribution in [3.8, 4) is 0 Å². The van der Waals surface area contributed by atoms with Gasteiger partial charge in [-0.1, -0.05) is 0 Å². The van der Waals surface area contributed by atoms with Crippen LogP contribution in [0.15, 0.2) is 0 Å². The lowest BCUT2D eigenvalue weighted by atomic mass is 15.8. The van der Waals surface area contributed by atoms with E-state index in [9.17, 15) is 0 Å². The van der Waals surface area contributed by atoms with Crippen molar-refractivity contribution in [2.24, 2.45) is 0 Å². The van der Waals surface area contributed by atoms with Crippen LogP contribution in [0.1, 0.15) is 0 Å². The van der Waals surface area contributed by atoms with Crippen molar-refractivity contribution in [1.82, 2.24) is 0 Å². The van der Waals surface area contributed by atoms with Gasteiger partial charge in [-0.05, 0) is 0 Å². The molecule has 0 heterocycles. The zero-order valence-corrected chi connectivity index (χ0v) is 6.36. The zero-order chi connectivity index (χ0) is 7.15. The third-order valence-electron chi connectivity index (χ3n) is 0. The molecule has 0 bridgehead atoms. The van der Waals surface area contributed by atoms with Gasteiger partial charge in [-0.15, -0.1) is 0 Å². The second-order valence-electron chi connectivity index (χ2n) is 0.447. The molecule has 0 aliphatic carbocycles. The van der Waals surface area contributed by atoms with Gasteiger partial charge < -0.3 is 46.6 Å². The van der Waals surface area contributed by atoms with E-state index in [1.807, 2.05) is 0 Å². The highest BCUT2D eigenvalue weighted by Gasteiger charge is 2.00. The molecular formula is O9P2. The smallest absolute Gasteiger partial charge is 0.854 e. The van der Waals surface area contributed by atoms with Gasteiger partial charge in [0.25, 0.3) is 0 Å². The molecule has 0 saturated carbocycles. The summed E-state index contributed by atoms with van der Waals surface area (Å²) in [5, 5.41) is 0. The second kappa shape index (κ2) is 22.4. The van der Waals surface area contributed by atoms with Crippen LogP contribution < -0.4 is 29.4 Å². The average molecular weight is 206 g/mol. The van der Waals surface area contributed by atoms with Crippen molar-refractivity contribution >= 4 is 17.2 Å². The third kappa shape index (κ3) is 3030. The van der Waals surface area contributed by atoms with Crippen LogP contribution in [0.3, 0.4) is 0 Å². The molecule has 0 N–H and O–H groups in total. The largest absolute Gasteiger partial charge is 2.00 e. The monoisotopic (exact) mass is 206 g/mol. The van der Waals surface area contributed by atoms with Crippen molar-refractivity contribution in [1.29, 1.82) is 0 Å². The lowest BCUT2D eigenvalue weighted by Gasteiger charge is -2.39. The van der Waals surface area contributed by atoms with E-state index in [2.05, 4.69) is 0 Å². The summed E-state index contributed by atoms with van der Waals surface area (Å²) >= 11 is 0. The Morgan fingerprint density at radius 2 is 0.455 bits per heavy atom. The molecule has 0 aromatic heterocycles. The van der Waals surface area contributed by atoms with Gasteiger partial charge in [0.1, 0.15) is 0 Å². The molecule has 0 atom stereocenters. The molecule has 9 nitrogen and oxygen atoms in total. The van der Waals surface area contributed by atoms with Gasteiger partial charge in [0, 0.05) is 0 Å². The van der Waals surface area contributed by atoms with Crippen molar-refractivity contribution < 1.29 is 45.8 Å². The summed E-state index contributed by atoms with van der Waals surface area (Å²) in [7, 11) is -6.74. The summed E-state index contributed by atoms with van der Waals surface area (Å²) in [6, 6.07) is 0. The van der Waals surface area contributed by atoms with Crippen LogP contribution in [0.5, 0.6) is 0 Å². The van der Waals surface area contributed by atoms with Gasteiger partial charge in [0.05, 0.1) is 0 Å². The molecule has 0 saturated heterocycles. The first-order valence-corrected chi connectivity index (χ1v) is 3.29. The molecule has 12 radical (unpaired) electrons. The maximum atomic E-state index is 8.48. The van der Waals surface area contributed by atoms with Crippen LogP contribution in [0.25, 0.3) is 0 Å². The van der Waals surface area contributed by atoms with Gasteiger partial charge >= 0.3 is 16.4 Å². The van der Waals surface area contributed by atoms with Crippen molar-refractivity contribution in [2.45, 2.75) is 0 Å². The first-order chi connectivity index (χ1) is 3.46. The van der Waals surface area contributed by atoms with Crippen LogP contribution in [0.4, 0.5) is 0 Å². The first kappa shape index (κ1) is 30.0. The van der Waals surface area contributed by atoms with Crippen LogP contribution >= 0.6 is 17.2 Å². The Balaban J connectivity index is -0.0000000171. The molecule has 0 aliphatic rings. The summed E-state index contributed by atoms with van der Waals surface area (Å²) in [5.41, 5.74) is 0. The highest BCUT2D eigenvalue weighted by Crippen LogP contribution is 1.85. The first-order valence-electron chi connectivity index (χ1n) is 1.10. The lowest BCUT2D eigenvalue weighted by Crippen LogP contribution is -2.18. The van der Waals surface area contributed by atoms with Gasteiger partial charge in [0.2, 0.25) is 0 Å². The highest BCUT2D eigenvalue weighted by atomic mass is 31.2. The van der Waals surface area contributed by atoms with E-state index < -0.39 is 17.2 Å². The van der Waals surface area contributed by atoms with E-state index in [1.165, 1.54) is 0 Å². The number of rotatable bonds is 0. The SMILES string of the molecule is [O+2].[O+2].[O+2].[O-]P([O-])[O-].[O-]P([O-])[O-]. The topological polar surface area (TPSA) is 224 Å². The molecule has 0 spiro atoms. The maximum Gasteiger partial charge on any atom is 2.00 e. The van der Waals surface area contributed by atoms with Crippen molar-refractivity contribution in [3.63, 3.8) is 0 Å². The van der Waals surface area contributed by atoms with Gasteiger partial charge in [0.15, 0.2) is 0 Å². The normalized spacial score (nSPS) is 6.55. The van der Waals surface area contributed by atoms with Gasteiger partial charge in [-0.2, -0.15) is 0 Å². The molecule has 11 heavy (non-hydrogen) atoms. The van der Waals surface area contributed by atoms with Crippen molar-refractivity contribution in [3.05, 3.63) is 0 Å². The van der Waals surface area contributed by atoms with E-state index >= 15 is 0 Å². The molecule has 11 heteroatoms. The highest BCUT2D eigenvalue weighted by molar-refractivity contribution is 7.33. The summed E-state index contributed by atoms with van der Waals surface area (Å²) in [5.74, 6) is 0. The Kier molecular flexibility index (Phi) is 61.2. The molecule has 0 aromatic carbocycles. The van der Waals surface area contributed by atoms with E-state index in [0.29, 0.717) is 0 Å².